The smallest absolute Gasteiger partial charge is 0.214 e. The Bertz CT molecular complexity index is 314. The van der Waals surface area contributed by atoms with Crippen LogP contribution in [0.4, 0.5) is 0 Å². The SMILES string of the molecule is CCC(CC)N(CCO)S(=O)(=O)CCCNC(C)C. The van der Waals surface area contributed by atoms with E-state index in [0.717, 1.165) is 12.8 Å². The molecule has 0 rings (SSSR count). The van der Waals surface area contributed by atoms with Gasteiger partial charge in [-0.05, 0) is 25.8 Å². The largest absolute Gasteiger partial charge is 0.395 e. The van der Waals surface area contributed by atoms with Gasteiger partial charge in [0.1, 0.15) is 0 Å². The summed E-state index contributed by atoms with van der Waals surface area (Å²) < 4.78 is 26.1. The van der Waals surface area contributed by atoms with Crippen LogP contribution in [-0.4, -0.2) is 55.4 Å². The third-order valence-corrected chi connectivity index (χ3v) is 5.16. The second-order valence-corrected chi connectivity index (χ2v) is 7.12. The van der Waals surface area contributed by atoms with Crippen molar-refractivity contribution in [3.63, 3.8) is 0 Å². The molecule has 116 valence electrons. The van der Waals surface area contributed by atoms with Gasteiger partial charge in [0, 0.05) is 18.6 Å². The first-order chi connectivity index (χ1) is 8.88. The molecule has 0 aromatic heterocycles. The number of hydrogen-bond acceptors (Lipinski definition) is 4. The Labute approximate surface area is 118 Å². The predicted molar refractivity (Wildman–Crippen MR) is 79.7 cm³/mol. The zero-order valence-electron chi connectivity index (χ0n) is 12.7. The number of hydrogen-bond donors (Lipinski definition) is 2. The normalized spacial score (nSPS) is 12.8. The van der Waals surface area contributed by atoms with Crippen LogP contribution < -0.4 is 5.32 Å². The fraction of sp³-hybridized carbons (Fsp3) is 1.00. The van der Waals surface area contributed by atoms with E-state index in [4.69, 9.17) is 5.11 Å². The molecule has 0 aromatic rings. The average molecular weight is 294 g/mol. The molecule has 0 aliphatic heterocycles. The lowest BCUT2D eigenvalue weighted by atomic mass is 10.2. The fourth-order valence-electron chi connectivity index (χ4n) is 2.11. The van der Waals surface area contributed by atoms with Crippen LogP contribution in [0.5, 0.6) is 0 Å². The first-order valence-corrected chi connectivity index (χ1v) is 8.83. The van der Waals surface area contributed by atoms with Gasteiger partial charge in [-0.15, -0.1) is 0 Å². The molecule has 0 saturated heterocycles. The van der Waals surface area contributed by atoms with E-state index in [1.54, 1.807) is 0 Å². The van der Waals surface area contributed by atoms with E-state index in [1.807, 2.05) is 27.7 Å². The maximum atomic E-state index is 12.3. The predicted octanol–water partition coefficient (Wildman–Crippen LogP) is 1.19. The Kier molecular flexibility index (Phi) is 9.60. The minimum atomic E-state index is -3.27. The van der Waals surface area contributed by atoms with Gasteiger partial charge in [-0.3, -0.25) is 0 Å². The van der Waals surface area contributed by atoms with Crippen LogP contribution in [0.1, 0.15) is 47.0 Å². The zero-order chi connectivity index (χ0) is 14.9. The van der Waals surface area contributed by atoms with Crippen LogP contribution in [0.25, 0.3) is 0 Å². The van der Waals surface area contributed by atoms with Gasteiger partial charge >= 0.3 is 0 Å². The molecule has 0 amide bonds. The van der Waals surface area contributed by atoms with Gasteiger partial charge in [0.2, 0.25) is 10.0 Å². The molecule has 0 heterocycles. The molecule has 0 atom stereocenters. The first-order valence-electron chi connectivity index (χ1n) is 7.22. The van der Waals surface area contributed by atoms with Crippen molar-refractivity contribution in [2.45, 2.75) is 59.0 Å². The molecular formula is C13H30N2O3S. The molecule has 0 saturated carbocycles. The van der Waals surface area contributed by atoms with Gasteiger partial charge < -0.3 is 10.4 Å². The maximum absolute atomic E-state index is 12.3. The Morgan fingerprint density at radius 2 is 1.79 bits per heavy atom. The Morgan fingerprint density at radius 1 is 1.21 bits per heavy atom. The quantitative estimate of drug-likeness (QED) is 0.562. The van der Waals surface area contributed by atoms with Crippen molar-refractivity contribution < 1.29 is 13.5 Å². The highest BCUT2D eigenvalue weighted by Crippen LogP contribution is 2.14. The number of aliphatic hydroxyl groups is 1. The van der Waals surface area contributed by atoms with Crippen molar-refractivity contribution >= 4 is 10.0 Å². The van der Waals surface area contributed by atoms with Gasteiger partial charge in [0.15, 0.2) is 0 Å². The summed E-state index contributed by atoms with van der Waals surface area (Å²) in [7, 11) is -3.27. The standard InChI is InChI=1S/C13H30N2O3S/c1-5-13(6-2)15(9-10-16)19(17,18)11-7-8-14-12(3)4/h12-14,16H,5-11H2,1-4H3. The lowest BCUT2D eigenvalue weighted by molar-refractivity contribution is 0.219. The molecule has 2 N–H and O–H groups in total. The van der Waals surface area contributed by atoms with Crippen LogP contribution in [0, 0.1) is 0 Å². The van der Waals surface area contributed by atoms with Gasteiger partial charge in [0.05, 0.1) is 12.4 Å². The van der Waals surface area contributed by atoms with Crippen LogP contribution in [0.3, 0.4) is 0 Å². The van der Waals surface area contributed by atoms with Gasteiger partial charge in [-0.1, -0.05) is 27.7 Å². The molecule has 0 spiro atoms. The molecule has 0 bridgehead atoms. The second-order valence-electron chi connectivity index (χ2n) is 5.08. The minimum Gasteiger partial charge on any atom is -0.395 e. The summed E-state index contributed by atoms with van der Waals surface area (Å²) in [4.78, 5) is 0. The average Bonchev–Trinajstić information content (AvgIpc) is 2.35. The number of nitrogens with zero attached hydrogens (tertiary/aromatic N) is 1. The fourth-order valence-corrected chi connectivity index (χ4v) is 3.96. The van der Waals surface area contributed by atoms with E-state index in [1.165, 1.54) is 4.31 Å². The lowest BCUT2D eigenvalue weighted by Crippen LogP contribution is -2.43. The van der Waals surface area contributed by atoms with Crippen molar-refractivity contribution in [1.82, 2.24) is 9.62 Å². The van der Waals surface area contributed by atoms with Crippen molar-refractivity contribution in [1.29, 1.82) is 0 Å². The molecule has 0 unspecified atom stereocenters. The van der Waals surface area contributed by atoms with Crippen LogP contribution >= 0.6 is 0 Å². The molecule has 0 aromatic carbocycles. The summed E-state index contributed by atoms with van der Waals surface area (Å²) in [6.45, 7) is 8.81. The summed E-state index contributed by atoms with van der Waals surface area (Å²) >= 11 is 0. The minimum absolute atomic E-state index is 0.00444. The first kappa shape index (κ1) is 18.8. The number of rotatable bonds is 11. The van der Waals surface area contributed by atoms with E-state index in [9.17, 15) is 8.42 Å². The maximum Gasteiger partial charge on any atom is 0.214 e. The second kappa shape index (κ2) is 9.69. The van der Waals surface area contributed by atoms with Crippen LogP contribution in [0.15, 0.2) is 0 Å². The van der Waals surface area contributed by atoms with E-state index >= 15 is 0 Å². The highest BCUT2D eigenvalue weighted by molar-refractivity contribution is 7.89. The molecule has 6 heteroatoms. The van der Waals surface area contributed by atoms with E-state index < -0.39 is 10.0 Å². The summed E-state index contributed by atoms with van der Waals surface area (Å²) in [5, 5.41) is 12.3. The van der Waals surface area contributed by atoms with Crippen molar-refractivity contribution in [3.8, 4) is 0 Å². The summed E-state index contributed by atoms with van der Waals surface area (Å²) in [5.74, 6) is 0.142. The van der Waals surface area contributed by atoms with Gasteiger partial charge in [-0.25, -0.2) is 8.42 Å². The molecule has 0 aliphatic rings. The molecule has 5 nitrogen and oxygen atoms in total. The zero-order valence-corrected chi connectivity index (χ0v) is 13.5. The molecular weight excluding hydrogens is 264 g/mol. The van der Waals surface area contributed by atoms with Gasteiger partial charge in [-0.2, -0.15) is 4.31 Å². The van der Waals surface area contributed by atoms with Crippen molar-refractivity contribution in [2.75, 3.05) is 25.4 Å². The van der Waals surface area contributed by atoms with Crippen LogP contribution in [-0.2, 0) is 10.0 Å². The van der Waals surface area contributed by atoms with Crippen molar-refractivity contribution in [2.24, 2.45) is 0 Å². The van der Waals surface area contributed by atoms with Gasteiger partial charge in [0.25, 0.3) is 0 Å². The molecule has 0 fully saturated rings. The monoisotopic (exact) mass is 294 g/mol. The number of aliphatic hydroxyl groups excluding tert-OH is 1. The molecule has 0 radical (unpaired) electrons. The third-order valence-electron chi connectivity index (χ3n) is 3.16. The Balaban J connectivity index is 4.52. The summed E-state index contributed by atoms with van der Waals surface area (Å²) in [6.07, 6.45) is 2.16. The summed E-state index contributed by atoms with van der Waals surface area (Å²) in [6, 6.07) is 0.366. The van der Waals surface area contributed by atoms with Crippen LogP contribution in [0.2, 0.25) is 0 Å². The molecule has 0 aliphatic carbocycles. The van der Waals surface area contributed by atoms with E-state index in [2.05, 4.69) is 5.32 Å². The Hall–Kier alpha value is -0.170. The van der Waals surface area contributed by atoms with E-state index in [0.29, 0.717) is 19.0 Å². The molecule has 19 heavy (non-hydrogen) atoms. The third kappa shape index (κ3) is 7.25. The highest BCUT2D eigenvalue weighted by Gasteiger charge is 2.26. The highest BCUT2D eigenvalue weighted by atomic mass is 32.2. The number of sulfonamides is 1. The van der Waals surface area contributed by atoms with Crippen molar-refractivity contribution in [3.05, 3.63) is 0 Å². The topological polar surface area (TPSA) is 69.6 Å². The summed E-state index contributed by atoms with van der Waals surface area (Å²) in [5.41, 5.74) is 0. The Morgan fingerprint density at radius 3 is 2.21 bits per heavy atom. The number of nitrogens with one attached hydrogen (secondary N) is 1. The lowest BCUT2D eigenvalue weighted by Gasteiger charge is -2.29. The van der Waals surface area contributed by atoms with E-state index in [-0.39, 0.29) is 24.9 Å².